The maximum Gasteiger partial charge on any atom is 0.303 e. The minimum Gasteiger partial charge on any atom is -0.497 e. The zero-order valence-corrected chi connectivity index (χ0v) is 32.1. The van der Waals surface area contributed by atoms with Crippen LogP contribution in [0.25, 0.3) is 33.8 Å². The molecular formula is C41H49N7O5S. The number of piperazine rings is 1. The van der Waals surface area contributed by atoms with E-state index in [1.807, 2.05) is 18.2 Å². The van der Waals surface area contributed by atoms with Gasteiger partial charge in [-0.25, -0.2) is 4.72 Å². The Labute approximate surface area is 316 Å². The number of allylic oxidation sites excluding steroid dienone is 1. The van der Waals surface area contributed by atoms with Gasteiger partial charge in [0.2, 0.25) is 0 Å². The molecule has 4 aromatic rings. The highest BCUT2D eigenvalue weighted by Gasteiger charge is 2.42. The normalized spacial score (nSPS) is 21.7. The number of hydrogen-bond donors (Lipinski definition) is 2. The van der Waals surface area contributed by atoms with Gasteiger partial charge in [0, 0.05) is 61.3 Å². The Bertz CT molecular complexity index is 2280. The van der Waals surface area contributed by atoms with Gasteiger partial charge in [-0.3, -0.25) is 14.3 Å². The molecule has 2 unspecified atom stereocenters. The third-order valence-corrected chi connectivity index (χ3v) is 14.0. The molecule has 2 bridgehead atoms. The van der Waals surface area contributed by atoms with Crippen molar-refractivity contribution in [1.82, 2.24) is 33.6 Å². The molecule has 2 aromatic heterocycles. The van der Waals surface area contributed by atoms with Crippen molar-refractivity contribution >= 4 is 44.6 Å². The molecule has 4 fully saturated rings. The second-order valence-electron chi connectivity index (χ2n) is 15.9. The van der Waals surface area contributed by atoms with Crippen LogP contribution in [0.4, 0.5) is 0 Å². The average Bonchev–Trinajstić information content (AvgIpc) is 3.75. The lowest BCUT2D eigenvalue weighted by Gasteiger charge is -2.35. The summed E-state index contributed by atoms with van der Waals surface area (Å²) in [6, 6.07) is 12.3. The molecule has 9 rings (SSSR count). The molecule has 0 spiro atoms. The van der Waals surface area contributed by atoms with Crippen LogP contribution in [0.5, 0.6) is 5.75 Å². The largest absolute Gasteiger partial charge is 0.497 e. The predicted octanol–water partition coefficient (Wildman–Crippen LogP) is 5.95. The van der Waals surface area contributed by atoms with Crippen LogP contribution in [0.2, 0.25) is 0 Å². The van der Waals surface area contributed by atoms with Gasteiger partial charge in [0.1, 0.15) is 5.75 Å². The number of fused-ring (bicyclic) bond motifs is 7. The van der Waals surface area contributed by atoms with E-state index in [0.717, 1.165) is 120 Å². The lowest BCUT2D eigenvalue weighted by Crippen LogP contribution is -2.54. The van der Waals surface area contributed by atoms with Crippen molar-refractivity contribution in [2.24, 2.45) is 0 Å². The maximum atomic E-state index is 14.7. The summed E-state index contributed by atoms with van der Waals surface area (Å²) in [5, 5.41) is 9.55. The standard InChI is InChI=1S/C41H49N7O5S/c1-45(2)54(51,52)44-40(49)26-12-16-34-36(20-26)46-24-28(18-27-19-32(53-3)15-17-33(27)39(46)37(34)25-8-5-4-6-9-25)38-35(23-43-48(38)29-10-7-11-29)41(50)47-30-13-14-31(47)22-42-21-30/h12,15-20,23,25,29-31,42H,4-11,13-14,21-22,24H2,1-3H3,(H,44,49). The van der Waals surface area contributed by atoms with Gasteiger partial charge in [0.25, 0.3) is 11.8 Å². The number of ether oxygens (including phenoxy) is 1. The molecule has 2 aromatic carbocycles. The number of hydrogen-bond acceptors (Lipinski definition) is 7. The maximum absolute atomic E-state index is 14.7. The van der Waals surface area contributed by atoms with E-state index in [2.05, 4.69) is 42.4 Å². The molecule has 54 heavy (non-hydrogen) atoms. The Morgan fingerprint density at radius 2 is 1.67 bits per heavy atom. The summed E-state index contributed by atoms with van der Waals surface area (Å²) in [6.07, 6.45) is 14.8. The third kappa shape index (κ3) is 5.86. The fraction of sp³-hybridized carbons (Fsp3) is 0.488. The molecule has 2 N–H and O–H groups in total. The van der Waals surface area contributed by atoms with Crippen molar-refractivity contribution in [2.75, 3.05) is 34.3 Å². The smallest absolute Gasteiger partial charge is 0.303 e. The van der Waals surface area contributed by atoms with E-state index >= 15 is 0 Å². The summed E-state index contributed by atoms with van der Waals surface area (Å²) in [7, 11) is 0.466. The van der Waals surface area contributed by atoms with Gasteiger partial charge >= 0.3 is 10.2 Å². The van der Waals surface area contributed by atoms with Gasteiger partial charge < -0.3 is 19.5 Å². The zero-order valence-electron chi connectivity index (χ0n) is 31.3. The molecule has 5 heterocycles. The number of nitrogens with one attached hydrogen (secondary N) is 2. The van der Waals surface area contributed by atoms with Crippen LogP contribution in [-0.2, 0) is 16.8 Å². The highest BCUT2D eigenvalue weighted by Crippen LogP contribution is 2.48. The summed E-state index contributed by atoms with van der Waals surface area (Å²) in [5.41, 5.74) is 8.01. The highest BCUT2D eigenvalue weighted by molar-refractivity contribution is 7.87. The van der Waals surface area contributed by atoms with E-state index in [-0.39, 0.29) is 29.6 Å². The molecule has 2 saturated carbocycles. The van der Waals surface area contributed by atoms with E-state index in [0.29, 0.717) is 18.0 Å². The Kier molecular flexibility index (Phi) is 8.93. The van der Waals surface area contributed by atoms with Gasteiger partial charge in [0.15, 0.2) is 0 Å². The van der Waals surface area contributed by atoms with Gasteiger partial charge in [-0.05, 0) is 104 Å². The molecule has 284 valence electrons. The predicted molar refractivity (Wildman–Crippen MR) is 209 cm³/mol. The van der Waals surface area contributed by atoms with E-state index < -0.39 is 16.1 Å². The van der Waals surface area contributed by atoms with Crippen LogP contribution in [0.3, 0.4) is 0 Å². The number of nitrogens with zero attached hydrogens (tertiary/aromatic N) is 5. The van der Waals surface area contributed by atoms with Crippen LogP contribution in [0, 0.1) is 0 Å². The van der Waals surface area contributed by atoms with Gasteiger partial charge in [0.05, 0.1) is 42.8 Å². The molecule has 13 heteroatoms. The molecular weight excluding hydrogens is 703 g/mol. The number of methoxy groups -OCH3 is 1. The first-order valence-electron chi connectivity index (χ1n) is 19.5. The molecule has 2 amide bonds. The molecule has 12 nitrogen and oxygen atoms in total. The van der Waals surface area contributed by atoms with E-state index in [4.69, 9.17) is 9.84 Å². The lowest BCUT2D eigenvalue weighted by atomic mass is 9.81. The van der Waals surface area contributed by atoms with Crippen molar-refractivity contribution in [3.8, 4) is 17.0 Å². The number of rotatable bonds is 8. The topological polar surface area (TPSA) is 131 Å². The van der Waals surface area contributed by atoms with Crippen molar-refractivity contribution in [2.45, 2.75) is 94.8 Å². The molecule has 2 saturated heterocycles. The number of amides is 2. The zero-order chi connectivity index (χ0) is 37.3. The van der Waals surface area contributed by atoms with Crippen LogP contribution in [-0.4, -0.2) is 90.2 Å². The van der Waals surface area contributed by atoms with Crippen LogP contribution < -0.4 is 14.8 Å². The first-order valence-corrected chi connectivity index (χ1v) is 21.0. The van der Waals surface area contributed by atoms with Crippen molar-refractivity contribution in [3.05, 3.63) is 70.5 Å². The number of aromatic nitrogens is 3. The molecule has 0 radical (unpaired) electrons. The average molecular weight is 752 g/mol. The third-order valence-electron chi connectivity index (χ3n) is 12.6. The second-order valence-corrected chi connectivity index (χ2v) is 17.8. The first kappa shape index (κ1) is 35.3. The molecule has 3 aliphatic heterocycles. The number of benzene rings is 2. The van der Waals surface area contributed by atoms with E-state index in [1.165, 1.54) is 26.1 Å². The van der Waals surface area contributed by atoms with Gasteiger partial charge in [-0.1, -0.05) is 25.3 Å². The molecule has 2 atom stereocenters. The van der Waals surface area contributed by atoms with Crippen LogP contribution >= 0.6 is 0 Å². The van der Waals surface area contributed by atoms with Crippen LogP contribution in [0.15, 0.2) is 42.6 Å². The van der Waals surface area contributed by atoms with E-state index in [9.17, 15) is 18.0 Å². The Hall–Kier alpha value is -4.46. The van der Waals surface area contributed by atoms with Gasteiger partial charge in [-0.2, -0.15) is 17.8 Å². The summed E-state index contributed by atoms with van der Waals surface area (Å²) < 4.78 is 38.9. The second kappa shape index (κ2) is 13.7. The monoisotopic (exact) mass is 751 g/mol. The Morgan fingerprint density at radius 3 is 2.35 bits per heavy atom. The Balaban J connectivity index is 1.26. The van der Waals surface area contributed by atoms with Crippen molar-refractivity contribution < 1.29 is 22.7 Å². The summed E-state index contributed by atoms with van der Waals surface area (Å²) in [5.74, 6) is 0.428. The van der Waals surface area contributed by atoms with Gasteiger partial charge in [-0.15, -0.1) is 0 Å². The van der Waals surface area contributed by atoms with E-state index in [1.54, 1.807) is 19.4 Å². The lowest BCUT2D eigenvalue weighted by molar-refractivity contribution is 0.0618. The van der Waals surface area contributed by atoms with Crippen molar-refractivity contribution in [1.29, 1.82) is 0 Å². The number of carbonyl (C=O) groups excluding carboxylic acids is 2. The summed E-state index contributed by atoms with van der Waals surface area (Å²) >= 11 is 0. The summed E-state index contributed by atoms with van der Waals surface area (Å²) in [4.78, 5) is 30.4. The fourth-order valence-corrected chi connectivity index (χ4v) is 10.1. The molecule has 2 aliphatic carbocycles. The Morgan fingerprint density at radius 1 is 0.907 bits per heavy atom. The minimum absolute atomic E-state index is 0.0436. The molecule has 5 aliphatic rings. The summed E-state index contributed by atoms with van der Waals surface area (Å²) in [6.45, 7) is 2.04. The van der Waals surface area contributed by atoms with Crippen LogP contribution in [0.1, 0.15) is 114 Å². The quantitative estimate of drug-likeness (QED) is 0.228. The minimum atomic E-state index is -4.00. The fourth-order valence-electron chi connectivity index (χ4n) is 9.59. The van der Waals surface area contributed by atoms with Crippen molar-refractivity contribution in [3.63, 3.8) is 0 Å². The first-order chi connectivity index (χ1) is 26.1. The highest BCUT2D eigenvalue weighted by atomic mass is 32.2. The SMILES string of the molecule is COc1ccc2c(c1)C=C(c1c(C(=O)N3C4CCC3CNC4)cnn1C1CCC1)Cn1c-2c(C2CCCCC2)c2ccc(C(=O)NS(=O)(=O)N(C)C)cc21. The number of carbonyl (C=O) groups is 2.